The number of nitrogens with one attached hydrogen (secondary N) is 2. The minimum absolute atomic E-state index is 0.121. The van der Waals surface area contributed by atoms with E-state index in [9.17, 15) is 4.79 Å². The Morgan fingerprint density at radius 3 is 2.92 bits per heavy atom. The summed E-state index contributed by atoms with van der Waals surface area (Å²) in [5.74, 6) is 0. The number of hydrogen-bond acceptors (Lipinski definition) is 5. The third-order valence-corrected chi connectivity index (χ3v) is 4.78. The van der Waals surface area contributed by atoms with Gasteiger partial charge in [0.2, 0.25) is 0 Å². The third kappa shape index (κ3) is 3.40. The van der Waals surface area contributed by atoms with Gasteiger partial charge in [-0.2, -0.15) is 0 Å². The summed E-state index contributed by atoms with van der Waals surface area (Å²) in [6.45, 7) is 0.382. The molecule has 0 spiro atoms. The molecular weight excluding hydrogens is 356 g/mol. The third-order valence-electron chi connectivity index (χ3n) is 3.74. The van der Waals surface area contributed by atoms with Gasteiger partial charge in [0.15, 0.2) is 5.13 Å². The van der Waals surface area contributed by atoms with Crippen molar-refractivity contribution in [3.8, 4) is 11.4 Å². The van der Waals surface area contributed by atoms with E-state index < -0.39 is 0 Å². The lowest BCUT2D eigenvalue weighted by molar-refractivity contribution is 1.08. The Morgan fingerprint density at radius 1 is 1.16 bits per heavy atom. The molecule has 1 aromatic carbocycles. The van der Waals surface area contributed by atoms with Crippen LogP contribution in [0.3, 0.4) is 0 Å². The van der Waals surface area contributed by atoms with Gasteiger partial charge in [-0.05, 0) is 36.4 Å². The van der Waals surface area contributed by atoms with Crippen molar-refractivity contribution < 1.29 is 0 Å². The van der Waals surface area contributed by atoms with E-state index in [1.807, 2.05) is 35.7 Å². The van der Waals surface area contributed by atoms with Crippen LogP contribution in [0.5, 0.6) is 0 Å². The zero-order chi connectivity index (χ0) is 17.2. The highest BCUT2D eigenvalue weighted by atomic mass is 35.5. The van der Waals surface area contributed by atoms with Crippen molar-refractivity contribution in [3.05, 3.63) is 75.0 Å². The number of nitrogens with zero attached hydrogens (tertiary/aromatic N) is 2. The molecule has 3 heterocycles. The summed E-state index contributed by atoms with van der Waals surface area (Å²) in [4.78, 5) is 23.9. The van der Waals surface area contributed by atoms with Crippen molar-refractivity contribution in [1.29, 1.82) is 0 Å². The average Bonchev–Trinajstić information content (AvgIpc) is 3.10. The molecule has 124 valence electrons. The highest BCUT2D eigenvalue weighted by molar-refractivity contribution is 7.14. The SMILES string of the molecule is O=c1[nH]c2ccc(Cl)cc2cc1CNc1nc(-c2ccccn2)cs1. The molecule has 25 heavy (non-hydrogen) atoms. The Bertz CT molecular complexity index is 1090. The number of pyridine rings is 2. The fourth-order valence-corrected chi connectivity index (χ4v) is 3.40. The summed E-state index contributed by atoms with van der Waals surface area (Å²) in [6.07, 6.45) is 1.74. The lowest BCUT2D eigenvalue weighted by atomic mass is 10.1. The van der Waals surface area contributed by atoms with Gasteiger partial charge >= 0.3 is 0 Å². The van der Waals surface area contributed by atoms with Crippen molar-refractivity contribution in [3.63, 3.8) is 0 Å². The Labute approximate surface area is 152 Å². The number of aromatic amines is 1. The van der Waals surface area contributed by atoms with Crippen LogP contribution in [-0.4, -0.2) is 15.0 Å². The molecule has 5 nitrogen and oxygen atoms in total. The largest absolute Gasteiger partial charge is 0.357 e. The number of fused-ring (bicyclic) bond motifs is 1. The molecule has 3 aromatic heterocycles. The minimum Gasteiger partial charge on any atom is -0.357 e. The molecular formula is C18H13ClN4OS. The van der Waals surface area contributed by atoms with Gasteiger partial charge in [0.1, 0.15) is 5.69 Å². The average molecular weight is 369 g/mol. The molecule has 0 fully saturated rings. The number of aromatic nitrogens is 3. The van der Waals surface area contributed by atoms with Crippen LogP contribution < -0.4 is 10.9 Å². The van der Waals surface area contributed by atoms with Gasteiger partial charge in [-0.1, -0.05) is 17.7 Å². The first-order chi connectivity index (χ1) is 12.2. The Morgan fingerprint density at radius 2 is 2.08 bits per heavy atom. The molecule has 2 N–H and O–H groups in total. The molecule has 7 heteroatoms. The lowest BCUT2D eigenvalue weighted by Gasteiger charge is -2.05. The number of rotatable bonds is 4. The fraction of sp³-hybridized carbons (Fsp3) is 0.0556. The maximum absolute atomic E-state index is 12.2. The van der Waals surface area contributed by atoms with E-state index in [2.05, 4.69) is 20.3 Å². The van der Waals surface area contributed by atoms with Crippen LogP contribution in [0.2, 0.25) is 5.02 Å². The topological polar surface area (TPSA) is 70.7 Å². The molecule has 4 rings (SSSR count). The minimum atomic E-state index is -0.121. The number of benzene rings is 1. The van der Waals surface area contributed by atoms with Gasteiger partial charge in [0.25, 0.3) is 5.56 Å². The predicted octanol–water partition coefficient (Wildman–Crippen LogP) is 4.31. The number of hydrogen-bond donors (Lipinski definition) is 2. The number of halogens is 1. The van der Waals surface area contributed by atoms with Crippen LogP contribution in [0.15, 0.2) is 58.8 Å². The Hall–Kier alpha value is -2.70. The van der Waals surface area contributed by atoms with E-state index in [1.54, 1.807) is 18.3 Å². The van der Waals surface area contributed by atoms with E-state index in [4.69, 9.17) is 11.6 Å². The number of thiazole rings is 1. The Balaban J connectivity index is 1.55. The summed E-state index contributed by atoms with van der Waals surface area (Å²) < 4.78 is 0. The van der Waals surface area contributed by atoms with E-state index in [-0.39, 0.29) is 5.56 Å². The van der Waals surface area contributed by atoms with Gasteiger partial charge < -0.3 is 10.3 Å². The van der Waals surface area contributed by atoms with E-state index in [0.717, 1.165) is 27.4 Å². The molecule has 0 aliphatic rings. The first-order valence-corrected chi connectivity index (χ1v) is 8.87. The van der Waals surface area contributed by atoms with Crippen molar-refractivity contribution in [2.75, 3.05) is 5.32 Å². The van der Waals surface area contributed by atoms with Gasteiger partial charge in [-0.15, -0.1) is 11.3 Å². The number of anilines is 1. The fourth-order valence-electron chi connectivity index (χ4n) is 2.51. The van der Waals surface area contributed by atoms with Crippen LogP contribution in [0.25, 0.3) is 22.3 Å². The molecule has 0 saturated carbocycles. The van der Waals surface area contributed by atoms with Crippen molar-refractivity contribution in [2.45, 2.75) is 6.54 Å². The second-order valence-electron chi connectivity index (χ2n) is 5.46. The highest BCUT2D eigenvalue weighted by Crippen LogP contribution is 2.23. The molecule has 0 unspecified atom stereocenters. The molecule has 0 aliphatic heterocycles. The van der Waals surface area contributed by atoms with Crippen LogP contribution in [-0.2, 0) is 6.54 Å². The molecule has 0 bridgehead atoms. The second kappa shape index (κ2) is 6.66. The van der Waals surface area contributed by atoms with E-state index in [0.29, 0.717) is 17.1 Å². The van der Waals surface area contributed by atoms with Crippen molar-refractivity contribution in [1.82, 2.24) is 15.0 Å². The summed E-state index contributed by atoms with van der Waals surface area (Å²) in [6, 6.07) is 12.9. The molecule has 0 radical (unpaired) electrons. The van der Waals surface area contributed by atoms with Gasteiger partial charge in [0, 0.05) is 39.6 Å². The van der Waals surface area contributed by atoms with Crippen LogP contribution in [0.1, 0.15) is 5.56 Å². The molecule has 0 atom stereocenters. The van der Waals surface area contributed by atoms with Gasteiger partial charge in [-0.25, -0.2) is 4.98 Å². The molecule has 0 saturated heterocycles. The van der Waals surface area contributed by atoms with Gasteiger partial charge in [0.05, 0.1) is 5.69 Å². The van der Waals surface area contributed by atoms with Crippen LogP contribution >= 0.6 is 22.9 Å². The highest BCUT2D eigenvalue weighted by Gasteiger charge is 2.07. The summed E-state index contributed by atoms with van der Waals surface area (Å²) in [7, 11) is 0. The van der Waals surface area contributed by atoms with E-state index in [1.165, 1.54) is 11.3 Å². The first kappa shape index (κ1) is 15.8. The van der Waals surface area contributed by atoms with E-state index >= 15 is 0 Å². The zero-order valence-electron chi connectivity index (χ0n) is 13.0. The zero-order valence-corrected chi connectivity index (χ0v) is 14.6. The first-order valence-electron chi connectivity index (χ1n) is 7.61. The van der Waals surface area contributed by atoms with Crippen molar-refractivity contribution in [2.24, 2.45) is 0 Å². The monoisotopic (exact) mass is 368 g/mol. The van der Waals surface area contributed by atoms with Crippen molar-refractivity contribution >= 4 is 39.0 Å². The normalized spacial score (nSPS) is 10.9. The summed E-state index contributed by atoms with van der Waals surface area (Å²) in [5, 5.41) is 7.42. The quantitative estimate of drug-likeness (QED) is 0.563. The van der Waals surface area contributed by atoms with Crippen LogP contribution in [0.4, 0.5) is 5.13 Å². The molecule has 0 amide bonds. The predicted molar refractivity (Wildman–Crippen MR) is 102 cm³/mol. The molecule has 0 aliphatic carbocycles. The maximum atomic E-state index is 12.2. The van der Waals surface area contributed by atoms with Crippen LogP contribution in [0, 0.1) is 0 Å². The Kier molecular flexibility index (Phi) is 4.21. The summed E-state index contributed by atoms with van der Waals surface area (Å²) in [5.41, 5.74) is 2.91. The summed E-state index contributed by atoms with van der Waals surface area (Å²) >= 11 is 7.50. The smallest absolute Gasteiger partial charge is 0.253 e. The standard InChI is InChI=1S/C18H13ClN4OS/c19-13-4-5-14-11(8-13)7-12(17(24)22-14)9-21-18-23-16(10-25-18)15-3-1-2-6-20-15/h1-8,10H,9H2,(H,21,23)(H,22,24). The van der Waals surface area contributed by atoms with Gasteiger partial charge in [-0.3, -0.25) is 9.78 Å². The second-order valence-corrected chi connectivity index (χ2v) is 6.76. The molecule has 4 aromatic rings. The maximum Gasteiger partial charge on any atom is 0.253 e. The number of H-pyrrole nitrogens is 1. The lowest BCUT2D eigenvalue weighted by Crippen LogP contribution is -2.15.